The lowest BCUT2D eigenvalue weighted by molar-refractivity contribution is -0.134. The molecular formula is C26H29N5O3. The Balaban J connectivity index is 1.40. The molecule has 34 heavy (non-hydrogen) atoms. The fourth-order valence-electron chi connectivity index (χ4n) is 5.40. The molecule has 0 saturated carbocycles. The lowest BCUT2D eigenvalue weighted by Crippen LogP contribution is -2.58. The Labute approximate surface area is 197 Å². The maximum atomic E-state index is 13.7. The molecule has 2 saturated heterocycles. The minimum atomic E-state index is -0.450. The highest BCUT2D eigenvalue weighted by atomic mass is 16.2. The van der Waals surface area contributed by atoms with Crippen LogP contribution in [-0.2, 0) is 4.79 Å². The average molecular weight is 460 g/mol. The van der Waals surface area contributed by atoms with Crippen molar-refractivity contribution in [2.45, 2.75) is 43.7 Å². The Bertz CT molecular complexity index is 1270. The van der Waals surface area contributed by atoms with Gasteiger partial charge < -0.3 is 10.6 Å². The summed E-state index contributed by atoms with van der Waals surface area (Å²) in [5.41, 5.74) is 0.214. The number of H-pyrrole nitrogens is 1. The number of nitrogens with zero attached hydrogens (tertiary/aromatic N) is 2. The molecule has 2 atom stereocenters. The molecule has 2 fully saturated rings. The van der Waals surface area contributed by atoms with Crippen LogP contribution in [0.25, 0.3) is 10.8 Å². The molecule has 5 rings (SSSR count). The van der Waals surface area contributed by atoms with Gasteiger partial charge in [-0.15, -0.1) is 0 Å². The molecule has 0 spiro atoms. The van der Waals surface area contributed by atoms with Crippen molar-refractivity contribution in [2.24, 2.45) is 0 Å². The first kappa shape index (κ1) is 22.3. The van der Waals surface area contributed by atoms with Crippen LogP contribution in [0.5, 0.6) is 0 Å². The molecule has 0 bridgehead atoms. The predicted molar refractivity (Wildman–Crippen MR) is 129 cm³/mol. The number of piperidine rings is 1. The van der Waals surface area contributed by atoms with Crippen molar-refractivity contribution in [3.63, 3.8) is 0 Å². The number of carbonyl (C=O) groups is 2. The normalized spacial score (nSPS) is 21.1. The van der Waals surface area contributed by atoms with Crippen LogP contribution < -0.4 is 16.2 Å². The van der Waals surface area contributed by atoms with Crippen LogP contribution in [0.3, 0.4) is 0 Å². The van der Waals surface area contributed by atoms with Gasteiger partial charge in [0, 0.05) is 12.6 Å². The minimum absolute atomic E-state index is 0.0370. The summed E-state index contributed by atoms with van der Waals surface area (Å²) in [5.74, 6) is -0.369. The highest BCUT2D eigenvalue weighted by Gasteiger charge is 2.48. The van der Waals surface area contributed by atoms with Crippen molar-refractivity contribution < 1.29 is 9.59 Å². The first-order valence-corrected chi connectivity index (χ1v) is 11.9. The quantitative estimate of drug-likeness (QED) is 0.525. The smallest absolute Gasteiger partial charge is 0.264 e. The van der Waals surface area contributed by atoms with Crippen molar-refractivity contribution in [3.05, 3.63) is 76.2 Å². The fraction of sp³-hybridized carbons (Fsp3) is 0.385. The van der Waals surface area contributed by atoms with Gasteiger partial charge in [-0.3, -0.25) is 19.3 Å². The molecular weight excluding hydrogens is 430 g/mol. The van der Waals surface area contributed by atoms with E-state index in [0.717, 1.165) is 61.5 Å². The molecule has 3 N–H and O–H groups in total. The van der Waals surface area contributed by atoms with Crippen molar-refractivity contribution in [1.29, 1.82) is 0 Å². The zero-order valence-electron chi connectivity index (χ0n) is 19.0. The van der Waals surface area contributed by atoms with E-state index in [1.165, 1.54) is 12.3 Å². The molecule has 3 heterocycles. The Morgan fingerprint density at radius 3 is 2.68 bits per heavy atom. The van der Waals surface area contributed by atoms with Gasteiger partial charge in [0.1, 0.15) is 5.54 Å². The van der Waals surface area contributed by atoms with Gasteiger partial charge in [-0.1, -0.05) is 36.4 Å². The number of carbonyl (C=O) groups excluding carboxylic acids is 2. The van der Waals surface area contributed by atoms with E-state index in [4.69, 9.17) is 0 Å². The summed E-state index contributed by atoms with van der Waals surface area (Å²) >= 11 is 0. The van der Waals surface area contributed by atoms with Gasteiger partial charge in [0.2, 0.25) is 5.91 Å². The number of fused-ring (bicyclic) bond motifs is 2. The molecule has 2 aliphatic rings. The predicted octanol–water partition coefficient (Wildman–Crippen LogP) is 2.53. The van der Waals surface area contributed by atoms with Crippen LogP contribution in [-0.4, -0.2) is 52.1 Å². The largest absolute Gasteiger partial charge is 0.350 e. The summed E-state index contributed by atoms with van der Waals surface area (Å²) in [6, 6.07) is 15.0. The number of nitrogens with one attached hydrogen (secondary N) is 3. The van der Waals surface area contributed by atoms with Crippen molar-refractivity contribution >= 4 is 22.6 Å². The van der Waals surface area contributed by atoms with Gasteiger partial charge in [0.25, 0.3) is 11.5 Å². The third-order valence-electron chi connectivity index (χ3n) is 7.19. The summed E-state index contributed by atoms with van der Waals surface area (Å²) in [4.78, 5) is 40.3. The van der Waals surface area contributed by atoms with Crippen molar-refractivity contribution in [3.8, 4) is 0 Å². The lowest BCUT2D eigenvalue weighted by Gasteiger charge is -2.41. The summed E-state index contributed by atoms with van der Waals surface area (Å²) in [6.07, 6.45) is 6.26. The second-order valence-corrected chi connectivity index (χ2v) is 9.26. The number of rotatable bonds is 6. The van der Waals surface area contributed by atoms with Gasteiger partial charge in [0.05, 0.1) is 17.8 Å². The maximum Gasteiger partial charge on any atom is 0.264 e. The highest BCUT2D eigenvalue weighted by Crippen LogP contribution is 2.38. The van der Waals surface area contributed by atoms with E-state index >= 15 is 0 Å². The monoisotopic (exact) mass is 459 g/mol. The van der Waals surface area contributed by atoms with Gasteiger partial charge >= 0.3 is 0 Å². The molecule has 0 aliphatic carbocycles. The van der Waals surface area contributed by atoms with Gasteiger partial charge in [-0.25, -0.2) is 5.10 Å². The minimum Gasteiger partial charge on any atom is -0.350 e. The second-order valence-electron chi connectivity index (χ2n) is 9.26. The topological polar surface area (TPSA) is 107 Å². The van der Waals surface area contributed by atoms with E-state index in [2.05, 4.69) is 31.8 Å². The molecule has 1 aromatic heterocycles. The molecule has 8 nitrogen and oxygen atoms in total. The zero-order valence-corrected chi connectivity index (χ0v) is 19.0. The Morgan fingerprint density at radius 1 is 1.03 bits per heavy atom. The van der Waals surface area contributed by atoms with E-state index in [1.54, 1.807) is 0 Å². The highest BCUT2D eigenvalue weighted by molar-refractivity contribution is 5.94. The maximum absolute atomic E-state index is 13.7. The van der Waals surface area contributed by atoms with Gasteiger partial charge in [-0.2, -0.15) is 5.10 Å². The number of benzene rings is 2. The summed E-state index contributed by atoms with van der Waals surface area (Å²) < 4.78 is 0. The molecule has 2 aliphatic heterocycles. The molecule has 8 heteroatoms. The second kappa shape index (κ2) is 9.38. The molecule has 2 aromatic carbocycles. The first-order valence-electron chi connectivity index (χ1n) is 11.9. The van der Waals surface area contributed by atoms with Crippen LogP contribution in [0, 0.1) is 0 Å². The summed E-state index contributed by atoms with van der Waals surface area (Å²) in [7, 11) is 0. The lowest BCUT2D eigenvalue weighted by atomic mass is 9.85. The summed E-state index contributed by atoms with van der Waals surface area (Å²) in [6.45, 7) is 2.12. The SMILES string of the molecule is O=C(NCC(NC(=O)C12CCCCN1CCC2)c1ccc2ccccc2c1)c1cn[nH]c(=O)c1. The number of aromatic amines is 1. The number of hydrogen-bond donors (Lipinski definition) is 3. The van der Waals surface area contributed by atoms with Crippen LogP contribution in [0.1, 0.15) is 54.1 Å². The Morgan fingerprint density at radius 2 is 1.82 bits per heavy atom. The van der Waals surface area contributed by atoms with E-state index < -0.39 is 23.0 Å². The number of aromatic nitrogens is 2. The van der Waals surface area contributed by atoms with E-state index in [1.807, 2.05) is 36.4 Å². The standard InChI is InChI=1S/C26H29N5O3/c32-23-15-21(16-28-30-23)24(33)27-17-22(20-9-8-18-6-1-2-7-19(18)14-20)29-25(34)26-10-3-4-12-31(26)13-5-11-26/h1-2,6-9,14-16,22H,3-5,10-13,17H2,(H,27,33)(H,29,34)(H,30,32). The first-order chi connectivity index (χ1) is 16.5. The molecule has 2 amide bonds. The molecule has 176 valence electrons. The van der Waals surface area contributed by atoms with Gasteiger partial charge in [0.15, 0.2) is 0 Å². The van der Waals surface area contributed by atoms with E-state index in [0.29, 0.717) is 0 Å². The zero-order chi connectivity index (χ0) is 23.5. The van der Waals surface area contributed by atoms with E-state index in [9.17, 15) is 14.4 Å². The van der Waals surface area contributed by atoms with Crippen LogP contribution in [0.4, 0.5) is 0 Å². The van der Waals surface area contributed by atoms with Crippen LogP contribution >= 0.6 is 0 Å². The molecule has 0 radical (unpaired) electrons. The average Bonchev–Trinajstić information content (AvgIpc) is 3.31. The summed E-state index contributed by atoms with van der Waals surface area (Å²) in [5, 5.41) is 14.3. The fourth-order valence-corrected chi connectivity index (χ4v) is 5.40. The Kier molecular flexibility index (Phi) is 6.15. The van der Waals surface area contributed by atoms with Crippen molar-refractivity contribution in [1.82, 2.24) is 25.7 Å². The number of hydrogen-bond acceptors (Lipinski definition) is 5. The molecule has 3 aromatic rings. The van der Waals surface area contributed by atoms with E-state index in [-0.39, 0.29) is 18.0 Å². The van der Waals surface area contributed by atoms with Crippen LogP contribution in [0.15, 0.2) is 59.5 Å². The Hall–Kier alpha value is -3.52. The number of amides is 2. The third kappa shape index (κ3) is 4.33. The third-order valence-corrected chi connectivity index (χ3v) is 7.19. The van der Waals surface area contributed by atoms with Crippen molar-refractivity contribution in [2.75, 3.05) is 19.6 Å². The van der Waals surface area contributed by atoms with Gasteiger partial charge in [-0.05, 0) is 67.6 Å². The van der Waals surface area contributed by atoms with Crippen LogP contribution in [0.2, 0.25) is 0 Å². The molecule has 2 unspecified atom stereocenters.